The highest BCUT2D eigenvalue weighted by molar-refractivity contribution is 5.82. The van der Waals surface area contributed by atoms with Crippen LogP contribution in [0.1, 0.15) is 12.5 Å². The zero-order valence-electron chi connectivity index (χ0n) is 7.87. The molecule has 0 aliphatic heterocycles. The molecule has 0 spiro atoms. The van der Waals surface area contributed by atoms with Gasteiger partial charge in [-0.3, -0.25) is 0 Å². The summed E-state index contributed by atoms with van der Waals surface area (Å²) in [6.07, 6.45) is 3.06. The molecule has 0 aliphatic carbocycles. The third kappa shape index (κ3) is 2.44. The minimum absolute atomic E-state index is 0.853. The smallest absolute Gasteiger partial charge is 0.118 e. The van der Waals surface area contributed by atoms with E-state index < -0.39 is 0 Å². The summed E-state index contributed by atoms with van der Waals surface area (Å²) < 4.78 is 5.04. The molecular weight excluding hydrogens is 162 g/mol. The van der Waals surface area contributed by atoms with Crippen molar-refractivity contribution in [3.05, 3.63) is 35.9 Å². The predicted octanol–water partition coefficient (Wildman–Crippen LogP) is 2.75. The predicted molar refractivity (Wildman–Crippen MR) is 55.4 cm³/mol. The first-order valence-corrected chi connectivity index (χ1v) is 4.09. The van der Waals surface area contributed by atoms with Gasteiger partial charge in [-0.05, 0) is 36.3 Å². The summed E-state index contributed by atoms with van der Waals surface area (Å²) in [5.41, 5.74) is 2.20. The molecule has 0 saturated heterocycles. The van der Waals surface area contributed by atoms with E-state index in [1.165, 1.54) is 6.21 Å². The molecule has 0 saturated carbocycles. The maximum absolute atomic E-state index is 6.93. The topological polar surface area (TPSA) is 33.1 Å². The first-order valence-electron chi connectivity index (χ1n) is 4.09. The van der Waals surface area contributed by atoms with Crippen molar-refractivity contribution in [2.75, 3.05) is 7.11 Å². The van der Waals surface area contributed by atoms with Crippen LogP contribution in [0.15, 0.2) is 30.3 Å². The first-order chi connectivity index (χ1) is 6.27. The summed E-state index contributed by atoms with van der Waals surface area (Å²) in [7, 11) is 1.65. The van der Waals surface area contributed by atoms with Crippen LogP contribution < -0.4 is 4.74 Å². The van der Waals surface area contributed by atoms with Gasteiger partial charge in [-0.1, -0.05) is 12.1 Å². The second-order valence-corrected chi connectivity index (χ2v) is 2.74. The molecule has 68 valence electrons. The van der Waals surface area contributed by atoms with Crippen molar-refractivity contribution in [3.8, 4) is 5.75 Å². The fraction of sp³-hybridized carbons (Fsp3) is 0.182. The SMILES string of the molecule is COc1ccc(/C(C)=C/C=N)cc1. The summed E-state index contributed by atoms with van der Waals surface area (Å²) in [5, 5.41) is 6.93. The number of allylic oxidation sites excluding steroid dienone is 2. The molecule has 2 heteroatoms. The van der Waals surface area contributed by atoms with E-state index in [-0.39, 0.29) is 0 Å². The van der Waals surface area contributed by atoms with Gasteiger partial charge in [0.1, 0.15) is 5.75 Å². The van der Waals surface area contributed by atoms with Gasteiger partial charge in [0.25, 0.3) is 0 Å². The lowest BCUT2D eigenvalue weighted by molar-refractivity contribution is 0.415. The second kappa shape index (κ2) is 4.45. The van der Waals surface area contributed by atoms with Gasteiger partial charge >= 0.3 is 0 Å². The van der Waals surface area contributed by atoms with Crippen molar-refractivity contribution in [3.63, 3.8) is 0 Å². The fourth-order valence-corrected chi connectivity index (χ4v) is 1.08. The maximum atomic E-state index is 6.93. The molecule has 1 aromatic rings. The maximum Gasteiger partial charge on any atom is 0.118 e. The van der Waals surface area contributed by atoms with Crippen LogP contribution in [0.25, 0.3) is 5.57 Å². The summed E-state index contributed by atoms with van der Waals surface area (Å²) in [6.45, 7) is 1.98. The van der Waals surface area contributed by atoms with Gasteiger partial charge in [0.2, 0.25) is 0 Å². The zero-order valence-corrected chi connectivity index (χ0v) is 7.87. The van der Waals surface area contributed by atoms with Gasteiger partial charge in [0.05, 0.1) is 7.11 Å². The summed E-state index contributed by atoms with van der Waals surface area (Å²) in [4.78, 5) is 0. The Morgan fingerprint density at radius 1 is 1.31 bits per heavy atom. The Kier molecular flexibility index (Phi) is 3.26. The number of ether oxygens (including phenoxy) is 1. The van der Waals surface area contributed by atoms with Gasteiger partial charge in [-0.15, -0.1) is 0 Å². The van der Waals surface area contributed by atoms with E-state index in [1.807, 2.05) is 31.2 Å². The molecule has 2 nitrogen and oxygen atoms in total. The number of hydrogen-bond acceptors (Lipinski definition) is 2. The third-order valence-electron chi connectivity index (χ3n) is 1.88. The molecule has 0 amide bonds. The van der Waals surface area contributed by atoms with Crippen LogP contribution in [-0.4, -0.2) is 13.3 Å². The normalized spacial score (nSPS) is 11.1. The molecular formula is C11H13NO. The molecule has 1 aromatic carbocycles. The highest BCUT2D eigenvalue weighted by Gasteiger charge is 1.94. The summed E-state index contributed by atoms with van der Waals surface area (Å²) in [5.74, 6) is 0.853. The number of rotatable bonds is 3. The molecule has 0 radical (unpaired) electrons. The van der Waals surface area contributed by atoms with E-state index in [4.69, 9.17) is 10.1 Å². The molecule has 0 aliphatic rings. The lowest BCUT2D eigenvalue weighted by atomic mass is 10.1. The molecule has 0 atom stereocenters. The average Bonchev–Trinajstić information content (AvgIpc) is 2.18. The Labute approximate surface area is 78.4 Å². The van der Waals surface area contributed by atoms with Crippen molar-refractivity contribution in [2.24, 2.45) is 0 Å². The Balaban J connectivity index is 2.91. The first kappa shape index (κ1) is 9.52. The van der Waals surface area contributed by atoms with E-state index in [9.17, 15) is 0 Å². The van der Waals surface area contributed by atoms with Crippen LogP contribution in [0.4, 0.5) is 0 Å². The lowest BCUT2D eigenvalue weighted by Gasteiger charge is -2.02. The van der Waals surface area contributed by atoms with E-state index in [2.05, 4.69) is 0 Å². The monoisotopic (exact) mass is 175 g/mol. The van der Waals surface area contributed by atoms with Crippen LogP contribution in [0.2, 0.25) is 0 Å². The third-order valence-corrected chi connectivity index (χ3v) is 1.88. The molecule has 0 aromatic heterocycles. The van der Waals surface area contributed by atoms with Gasteiger partial charge in [-0.2, -0.15) is 0 Å². The number of benzene rings is 1. The van der Waals surface area contributed by atoms with Crippen LogP contribution in [0, 0.1) is 5.41 Å². The van der Waals surface area contributed by atoms with Crippen molar-refractivity contribution in [1.82, 2.24) is 0 Å². The van der Waals surface area contributed by atoms with Crippen molar-refractivity contribution in [1.29, 1.82) is 5.41 Å². The van der Waals surface area contributed by atoms with E-state index in [1.54, 1.807) is 13.2 Å². The minimum atomic E-state index is 0.853. The average molecular weight is 175 g/mol. The fourth-order valence-electron chi connectivity index (χ4n) is 1.08. The zero-order chi connectivity index (χ0) is 9.68. The molecule has 1 N–H and O–H groups in total. The molecule has 0 heterocycles. The Hall–Kier alpha value is -1.57. The Morgan fingerprint density at radius 3 is 2.38 bits per heavy atom. The lowest BCUT2D eigenvalue weighted by Crippen LogP contribution is -1.83. The van der Waals surface area contributed by atoms with E-state index in [0.717, 1.165) is 16.9 Å². The van der Waals surface area contributed by atoms with Gasteiger partial charge in [-0.25, -0.2) is 0 Å². The number of hydrogen-bond donors (Lipinski definition) is 1. The van der Waals surface area contributed by atoms with Crippen LogP contribution in [0.5, 0.6) is 5.75 Å². The number of methoxy groups -OCH3 is 1. The second-order valence-electron chi connectivity index (χ2n) is 2.74. The van der Waals surface area contributed by atoms with Gasteiger partial charge < -0.3 is 10.1 Å². The highest BCUT2D eigenvalue weighted by Crippen LogP contribution is 2.17. The molecule has 0 fully saturated rings. The van der Waals surface area contributed by atoms with Gasteiger partial charge in [0, 0.05) is 6.21 Å². The molecule has 13 heavy (non-hydrogen) atoms. The Bertz CT molecular complexity index is 311. The largest absolute Gasteiger partial charge is 0.497 e. The Morgan fingerprint density at radius 2 is 1.92 bits per heavy atom. The summed E-state index contributed by atoms with van der Waals surface area (Å²) >= 11 is 0. The van der Waals surface area contributed by atoms with Crippen molar-refractivity contribution >= 4 is 11.8 Å². The molecule has 0 bridgehead atoms. The van der Waals surface area contributed by atoms with E-state index >= 15 is 0 Å². The standard InChI is InChI=1S/C11H13NO/c1-9(7-8-12)10-3-5-11(13-2)6-4-10/h3-8,12H,1-2H3/b9-7+,12-8?. The summed E-state index contributed by atoms with van der Waals surface area (Å²) in [6, 6.07) is 7.79. The number of nitrogens with one attached hydrogen (secondary N) is 1. The van der Waals surface area contributed by atoms with Crippen LogP contribution in [0.3, 0.4) is 0 Å². The highest BCUT2D eigenvalue weighted by atomic mass is 16.5. The van der Waals surface area contributed by atoms with Crippen LogP contribution in [-0.2, 0) is 0 Å². The minimum Gasteiger partial charge on any atom is -0.497 e. The van der Waals surface area contributed by atoms with Crippen molar-refractivity contribution < 1.29 is 4.74 Å². The van der Waals surface area contributed by atoms with Crippen molar-refractivity contribution in [2.45, 2.75) is 6.92 Å². The van der Waals surface area contributed by atoms with Gasteiger partial charge in [0.15, 0.2) is 0 Å². The van der Waals surface area contributed by atoms with Crippen LogP contribution >= 0.6 is 0 Å². The molecule has 0 unspecified atom stereocenters. The molecule has 1 rings (SSSR count). The quantitative estimate of drug-likeness (QED) is 0.704. The van der Waals surface area contributed by atoms with E-state index in [0.29, 0.717) is 0 Å².